The number of piperidine rings is 1. The van der Waals surface area contributed by atoms with E-state index in [-0.39, 0.29) is 6.08 Å². The first-order valence-electron chi connectivity index (χ1n) is 9.25. The standard InChI is InChI=1S/C21H24N2O3/c1-16-10-12-23(13-11-16)14-15-24-17-6-8-18(9-7-17)25-21-22-19-4-2-3-5-20(19)26-21/h2-9,16H,10-15H2,1H3. The van der Waals surface area contributed by atoms with Crippen LogP contribution in [0.15, 0.2) is 52.9 Å². The molecule has 1 aliphatic rings. The quantitative estimate of drug-likeness (QED) is 0.642. The van der Waals surface area contributed by atoms with Crippen LogP contribution in [0.4, 0.5) is 0 Å². The fraction of sp³-hybridized carbons (Fsp3) is 0.381. The van der Waals surface area contributed by atoms with Gasteiger partial charge in [-0.05, 0) is 68.2 Å². The second-order valence-electron chi connectivity index (χ2n) is 6.89. The molecule has 26 heavy (non-hydrogen) atoms. The van der Waals surface area contributed by atoms with Gasteiger partial charge in [-0.2, -0.15) is 4.98 Å². The van der Waals surface area contributed by atoms with Gasteiger partial charge in [0.25, 0.3) is 0 Å². The van der Waals surface area contributed by atoms with Gasteiger partial charge in [0.15, 0.2) is 5.58 Å². The summed E-state index contributed by atoms with van der Waals surface area (Å²) in [5.74, 6) is 2.38. The summed E-state index contributed by atoms with van der Waals surface area (Å²) in [4.78, 5) is 6.79. The van der Waals surface area contributed by atoms with Gasteiger partial charge < -0.3 is 13.9 Å². The van der Waals surface area contributed by atoms with Crippen molar-refractivity contribution in [2.24, 2.45) is 5.92 Å². The molecule has 1 aliphatic heterocycles. The number of hydrogen-bond acceptors (Lipinski definition) is 5. The summed E-state index contributed by atoms with van der Waals surface area (Å²) in [5, 5.41) is 0. The van der Waals surface area contributed by atoms with E-state index in [4.69, 9.17) is 13.9 Å². The van der Waals surface area contributed by atoms with Crippen molar-refractivity contribution in [2.75, 3.05) is 26.2 Å². The van der Waals surface area contributed by atoms with Gasteiger partial charge in [-0.15, -0.1) is 0 Å². The van der Waals surface area contributed by atoms with Crippen LogP contribution in [0.2, 0.25) is 0 Å². The highest BCUT2D eigenvalue weighted by Crippen LogP contribution is 2.26. The molecule has 136 valence electrons. The molecule has 5 nitrogen and oxygen atoms in total. The largest absolute Gasteiger partial charge is 0.492 e. The predicted molar refractivity (Wildman–Crippen MR) is 101 cm³/mol. The van der Waals surface area contributed by atoms with Crippen molar-refractivity contribution in [3.63, 3.8) is 0 Å². The number of para-hydroxylation sites is 2. The van der Waals surface area contributed by atoms with Gasteiger partial charge in [-0.3, -0.25) is 4.90 Å². The summed E-state index contributed by atoms with van der Waals surface area (Å²) in [6.07, 6.45) is 2.84. The van der Waals surface area contributed by atoms with E-state index in [0.717, 1.165) is 29.3 Å². The number of fused-ring (bicyclic) bond motifs is 1. The Morgan fingerprint density at radius 3 is 2.54 bits per heavy atom. The molecular weight excluding hydrogens is 328 g/mol. The van der Waals surface area contributed by atoms with Gasteiger partial charge in [0.2, 0.25) is 0 Å². The van der Waals surface area contributed by atoms with Crippen LogP contribution in [0, 0.1) is 5.92 Å². The molecule has 2 aromatic carbocycles. The predicted octanol–water partition coefficient (Wildman–Crippen LogP) is 4.73. The van der Waals surface area contributed by atoms with Gasteiger partial charge in [0.1, 0.15) is 23.6 Å². The van der Waals surface area contributed by atoms with Crippen LogP contribution in [0.3, 0.4) is 0 Å². The minimum Gasteiger partial charge on any atom is -0.492 e. The van der Waals surface area contributed by atoms with Crippen LogP contribution < -0.4 is 9.47 Å². The molecular formula is C21H24N2O3. The minimum atomic E-state index is 0.249. The van der Waals surface area contributed by atoms with E-state index in [0.29, 0.717) is 12.4 Å². The Kier molecular flexibility index (Phi) is 5.07. The van der Waals surface area contributed by atoms with E-state index < -0.39 is 0 Å². The number of benzene rings is 2. The van der Waals surface area contributed by atoms with Crippen LogP contribution in [-0.4, -0.2) is 36.1 Å². The first-order valence-corrected chi connectivity index (χ1v) is 9.25. The third kappa shape index (κ3) is 4.17. The van der Waals surface area contributed by atoms with E-state index >= 15 is 0 Å². The number of rotatable bonds is 6. The Balaban J connectivity index is 1.28. The molecule has 0 aliphatic carbocycles. The normalized spacial score (nSPS) is 16.0. The molecule has 0 spiro atoms. The molecule has 0 atom stereocenters. The number of ether oxygens (including phenoxy) is 2. The highest BCUT2D eigenvalue weighted by molar-refractivity contribution is 5.72. The van der Waals surface area contributed by atoms with Crippen molar-refractivity contribution in [1.29, 1.82) is 0 Å². The lowest BCUT2D eigenvalue weighted by Gasteiger charge is -2.29. The molecule has 1 aromatic heterocycles. The molecule has 0 unspecified atom stereocenters. The number of likely N-dealkylation sites (tertiary alicyclic amines) is 1. The first kappa shape index (κ1) is 16.9. The highest BCUT2D eigenvalue weighted by atomic mass is 16.6. The molecule has 3 aromatic rings. The van der Waals surface area contributed by atoms with Crippen LogP contribution in [-0.2, 0) is 0 Å². The van der Waals surface area contributed by atoms with Gasteiger partial charge in [0.05, 0.1) is 0 Å². The third-order valence-electron chi connectivity index (χ3n) is 4.86. The highest BCUT2D eigenvalue weighted by Gasteiger charge is 2.15. The smallest absolute Gasteiger partial charge is 0.400 e. The zero-order chi connectivity index (χ0) is 17.8. The average molecular weight is 352 g/mol. The molecule has 5 heteroatoms. The number of hydrogen-bond donors (Lipinski definition) is 0. The third-order valence-corrected chi connectivity index (χ3v) is 4.86. The van der Waals surface area contributed by atoms with Gasteiger partial charge >= 0.3 is 6.08 Å². The van der Waals surface area contributed by atoms with E-state index in [1.165, 1.54) is 25.9 Å². The monoisotopic (exact) mass is 352 g/mol. The maximum atomic E-state index is 5.85. The second kappa shape index (κ2) is 7.79. The van der Waals surface area contributed by atoms with Crippen LogP contribution in [0.5, 0.6) is 17.6 Å². The molecule has 1 fully saturated rings. The zero-order valence-corrected chi connectivity index (χ0v) is 15.1. The van der Waals surface area contributed by atoms with E-state index in [1.807, 2.05) is 48.5 Å². The topological polar surface area (TPSA) is 47.7 Å². The molecule has 2 heterocycles. The maximum Gasteiger partial charge on any atom is 0.400 e. The lowest BCUT2D eigenvalue weighted by atomic mass is 9.99. The molecule has 4 rings (SSSR count). The summed E-state index contributed by atoms with van der Waals surface area (Å²) in [6.45, 7) is 6.38. The number of aromatic nitrogens is 1. The Morgan fingerprint density at radius 2 is 1.77 bits per heavy atom. The Hall–Kier alpha value is -2.53. The lowest BCUT2D eigenvalue weighted by Crippen LogP contribution is -2.35. The van der Waals surface area contributed by atoms with Crippen LogP contribution >= 0.6 is 0 Å². The molecule has 1 saturated heterocycles. The molecule has 0 bridgehead atoms. The van der Waals surface area contributed by atoms with Crippen molar-refractivity contribution < 1.29 is 13.9 Å². The van der Waals surface area contributed by atoms with Crippen molar-refractivity contribution in [3.05, 3.63) is 48.5 Å². The SMILES string of the molecule is CC1CCN(CCOc2ccc(Oc3nc4ccccc4o3)cc2)CC1. The first-order chi connectivity index (χ1) is 12.8. The summed E-state index contributed by atoms with van der Waals surface area (Å²) < 4.78 is 17.1. The Morgan fingerprint density at radius 1 is 1.04 bits per heavy atom. The number of oxazole rings is 1. The van der Waals surface area contributed by atoms with E-state index in [2.05, 4.69) is 16.8 Å². The Labute approximate surface area is 153 Å². The van der Waals surface area contributed by atoms with Crippen molar-refractivity contribution in [1.82, 2.24) is 9.88 Å². The summed E-state index contributed by atoms with van der Waals surface area (Å²) in [5.41, 5.74) is 1.50. The molecule has 0 saturated carbocycles. The van der Waals surface area contributed by atoms with Gasteiger partial charge in [0, 0.05) is 6.54 Å². The van der Waals surface area contributed by atoms with Crippen molar-refractivity contribution in [2.45, 2.75) is 19.8 Å². The van der Waals surface area contributed by atoms with Crippen LogP contribution in [0.25, 0.3) is 11.1 Å². The van der Waals surface area contributed by atoms with E-state index in [1.54, 1.807) is 0 Å². The lowest BCUT2D eigenvalue weighted by molar-refractivity contribution is 0.160. The minimum absolute atomic E-state index is 0.249. The molecule has 0 radical (unpaired) electrons. The van der Waals surface area contributed by atoms with Crippen molar-refractivity contribution in [3.8, 4) is 17.6 Å². The Bertz CT molecular complexity index is 803. The fourth-order valence-corrected chi connectivity index (χ4v) is 3.18. The average Bonchev–Trinajstić information content (AvgIpc) is 3.07. The number of nitrogens with zero attached hydrogens (tertiary/aromatic N) is 2. The van der Waals surface area contributed by atoms with E-state index in [9.17, 15) is 0 Å². The summed E-state index contributed by atoms with van der Waals surface area (Å²) >= 11 is 0. The molecule has 0 N–H and O–H groups in total. The molecule has 0 amide bonds. The maximum absolute atomic E-state index is 5.85. The summed E-state index contributed by atoms with van der Waals surface area (Å²) in [6, 6.07) is 15.2. The van der Waals surface area contributed by atoms with Gasteiger partial charge in [-0.1, -0.05) is 19.1 Å². The zero-order valence-electron chi connectivity index (χ0n) is 15.1. The van der Waals surface area contributed by atoms with Gasteiger partial charge in [-0.25, -0.2) is 0 Å². The fourth-order valence-electron chi connectivity index (χ4n) is 3.18. The van der Waals surface area contributed by atoms with Crippen molar-refractivity contribution >= 4 is 11.1 Å². The summed E-state index contributed by atoms with van der Waals surface area (Å²) in [7, 11) is 0. The van der Waals surface area contributed by atoms with Crippen LogP contribution in [0.1, 0.15) is 19.8 Å². The second-order valence-corrected chi connectivity index (χ2v) is 6.89.